The Bertz CT molecular complexity index is 909. The maximum Gasteiger partial charge on any atom is 0.416 e. The number of β-amino-alcohol motifs (C(OH)–C–C–N with tert-alkyl or cyclic N) is 1. The lowest BCUT2D eigenvalue weighted by Crippen LogP contribution is -2.35. The van der Waals surface area contributed by atoms with Gasteiger partial charge >= 0.3 is 12.3 Å². The zero-order valence-corrected chi connectivity index (χ0v) is 17.8. The van der Waals surface area contributed by atoms with Crippen LogP contribution in [0.2, 0.25) is 0 Å². The fraction of sp³-hybridized carbons (Fsp3) is 0.450. The van der Waals surface area contributed by atoms with Crippen LogP contribution < -0.4 is 16.0 Å². The molecule has 4 N–H and O–H groups in total. The maximum atomic E-state index is 13.2. The Balaban J connectivity index is 2.13. The van der Waals surface area contributed by atoms with Gasteiger partial charge in [-0.15, -0.1) is 0 Å². The van der Waals surface area contributed by atoms with E-state index in [1.807, 2.05) is 0 Å². The molecule has 0 aromatic heterocycles. The second-order valence-corrected chi connectivity index (χ2v) is 7.82. The second kappa shape index (κ2) is 9.90. The van der Waals surface area contributed by atoms with Crippen LogP contribution in [-0.2, 0) is 20.5 Å². The van der Waals surface area contributed by atoms with Gasteiger partial charge in [-0.25, -0.2) is 4.79 Å². The van der Waals surface area contributed by atoms with Crippen LogP contribution in [0.3, 0.4) is 0 Å². The first-order valence-corrected chi connectivity index (χ1v) is 9.69. The molecule has 0 atom stereocenters. The molecule has 0 bridgehead atoms. The van der Waals surface area contributed by atoms with Crippen molar-refractivity contribution in [1.29, 1.82) is 0 Å². The number of aliphatic hydroxyl groups excluding tert-OH is 1. The minimum Gasteiger partial charge on any atom is -0.444 e. The van der Waals surface area contributed by atoms with Crippen molar-refractivity contribution in [1.82, 2.24) is 10.2 Å². The van der Waals surface area contributed by atoms with E-state index >= 15 is 0 Å². The van der Waals surface area contributed by atoms with Crippen LogP contribution in [0, 0.1) is 0 Å². The molecule has 1 aliphatic rings. The number of anilines is 2. The molecule has 12 heteroatoms. The van der Waals surface area contributed by atoms with Gasteiger partial charge in [-0.05, 0) is 39.0 Å². The number of rotatable bonds is 8. The molecule has 0 saturated carbocycles. The summed E-state index contributed by atoms with van der Waals surface area (Å²) in [5.41, 5.74) is -1.73. The first-order chi connectivity index (χ1) is 14.8. The van der Waals surface area contributed by atoms with Crippen molar-refractivity contribution in [3.05, 3.63) is 35.5 Å². The molecule has 1 aromatic carbocycles. The largest absolute Gasteiger partial charge is 0.444 e. The molecule has 0 fully saturated rings. The monoisotopic (exact) mass is 458 g/mol. The lowest BCUT2D eigenvalue weighted by Gasteiger charge is -2.20. The Morgan fingerprint density at radius 2 is 1.81 bits per heavy atom. The zero-order chi connectivity index (χ0) is 24.1. The molecule has 32 heavy (non-hydrogen) atoms. The number of nitrogens with one attached hydrogen (secondary N) is 3. The molecule has 0 aliphatic carbocycles. The minimum atomic E-state index is -4.62. The van der Waals surface area contributed by atoms with E-state index in [4.69, 9.17) is 9.84 Å². The highest BCUT2D eigenvalue weighted by atomic mass is 19.4. The van der Waals surface area contributed by atoms with E-state index in [9.17, 15) is 27.6 Å². The van der Waals surface area contributed by atoms with Crippen LogP contribution in [0.4, 0.5) is 29.3 Å². The third-order valence-electron chi connectivity index (χ3n) is 4.06. The number of amides is 3. The first-order valence-electron chi connectivity index (χ1n) is 9.69. The lowest BCUT2D eigenvalue weighted by atomic mass is 10.1. The highest BCUT2D eigenvalue weighted by molar-refractivity contribution is 6.17. The summed E-state index contributed by atoms with van der Waals surface area (Å²) < 4.78 is 44.6. The first kappa shape index (κ1) is 25.0. The molecule has 0 radical (unpaired) electrons. The number of nitrogens with zero attached hydrogens (tertiary/aromatic N) is 1. The molecule has 2 rings (SSSR count). The third-order valence-corrected chi connectivity index (χ3v) is 4.06. The van der Waals surface area contributed by atoms with E-state index < -0.39 is 41.9 Å². The molecule has 0 unspecified atom stereocenters. The van der Waals surface area contributed by atoms with Gasteiger partial charge in [-0.2, -0.15) is 13.2 Å². The van der Waals surface area contributed by atoms with Gasteiger partial charge in [0.25, 0.3) is 11.8 Å². The summed E-state index contributed by atoms with van der Waals surface area (Å²) in [5.74, 6) is -1.45. The molecule has 3 amide bonds. The molecule has 0 saturated heterocycles. The average Bonchev–Trinajstić information content (AvgIpc) is 2.91. The normalized spacial score (nSPS) is 14.3. The van der Waals surface area contributed by atoms with Gasteiger partial charge in [0, 0.05) is 19.2 Å². The molecule has 176 valence electrons. The molecule has 1 heterocycles. The molecular formula is C20H25F3N4O5. The smallest absolute Gasteiger partial charge is 0.416 e. The molecule has 1 aliphatic heterocycles. The SMILES string of the molecule is CC(C)(C)OC(=O)NCCNc1ccc(C(F)(F)F)cc1NC1=CC(=O)N(CCO)C1=O. The highest BCUT2D eigenvalue weighted by Crippen LogP contribution is 2.35. The Kier molecular flexibility index (Phi) is 7.73. The maximum absolute atomic E-state index is 13.2. The van der Waals surface area contributed by atoms with Gasteiger partial charge in [-0.1, -0.05) is 0 Å². The van der Waals surface area contributed by atoms with Gasteiger partial charge in [0.1, 0.15) is 11.3 Å². The highest BCUT2D eigenvalue weighted by Gasteiger charge is 2.33. The van der Waals surface area contributed by atoms with Crippen LogP contribution in [0.1, 0.15) is 26.3 Å². The van der Waals surface area contributed by atoms with Crippen LogP contribution in [-0.4, -0.2) is 59.8 Å². The summed E-state index contributed by atoms with van der Waals surface area (Å²) in [6.45, 7) is 4.69. The number of halogens is 3. The Labute approximate surface area is 182 Å². The number of alkyl halides is 3. The quantitative estimate of drug-likeness (QED) is 0.349. The van der Waals surface area contributed by atoms with Crippen LogP contribution in [0.15, 0.2) is 30.0 Å². The van der Waals surface area contributed by atoms with E-state index in [0.717, 1.165) is 23.1 Å². The van der Waals surface area contributed by atoms with E-state index in [-0.39, 0.29) is 36.7 Å². The van der Waals surface area contributed by atoms with E-state index in [2.05, 4.69) is 16.0 Å². The fourth-order valence-electron chi connectivity index (χ4n) is 2.71. The predicted molar refractivity (Wildman–Crippen MR) is 110 cm³/mol. The number of alkyl carbamates (subject to hydrolysis) is 1. The van der Waals surface area contributed by atoms with Crippen molar-refractivity contribution in [3.63, 3.8) is 0 Å². The standard InChI is InChI=1S/C20H25F3N4O5/c1-19(2,3)32-18(31)25-7-6-24-13-5-4-12(20(21,22)23)10-14(13)26-15-11-16(29)27(8-9-28)17(15)30/h4-5,10-11,24,26,28H,6-9H2,1-3H3,(H,25,31). The molecular weight excluding hydrogens is 433 g/mol. The van der Waals surface area contributed by atoms with E-state index in [0.29, 0.717) is 0 Å². The number of carbonyl (C=O) groups excluding carboxylic acids is 3. The van der Waals surface area contributed by atoms with Gasteiger partial charge in [0.15, 0.2) is 0 Å². The number of ether oxygens (including phenoxy) is 1. The van der Waals surface area contributed by atoms with E-state index in [1.54, 1.807) is 20.8 Å². The van der Waals surface area contributed by atoms with Crippen LogP contribution in [0.25, 0.3) is 0 Å². The number of benzene rings is 1. The topological polar surface area (TPSA) is 120 Å². The number of hydrogen-bond acceptors (Lipinski definition) is 7. The Morgan fingerprint density at radius 1 is 1.12 bits per heavy atom. The average molecular weight is 458 g/mol. The molecule has 0 spiro atoms. The van der Waals surface area contributed by atoms with Crippen molar-refractivity contribution >= 4 is 29.3 Å². The minimum absolute atomic E-state index is 0.0876. The number of imide groups is 1. The molecule has 9 nitrogen and oxygen atoms in total. The number of aliphatic hydroxyl groups is 1. The molecule has 1 aromatic rings. The Hall–Kier alpha value is -3.28. The summed E-state index contributed by atoms with van der Waals surface area (Å²) in [6, 6.07) is 2.84. The lowest BCUT2D eigenvalue weighted by molar-refractivity contribution is -0.138. The number of carbonyl (C=O) groups is 3. The summed E-state index contributed by atoms with van der Waals surface area (Å²) in [7, 11) is 0. The van der Waals surface area contributed by atoms with Crippen molar-refractivity contribution in [2.75, 3.05) is 36.9 Å². The zero-order valence-electron chi connectivity index (χ0n) is 17.8. The van der Waals surface area contributed by atoms with Gasteiger partial charge < -0.3 is 25.8 Å². The van der Waals surface area contributed by atoms with Gasteiger partial charge in [0.2, 0.25) is 0 Å². The van der Waals surface area contributed by atoms with Crippen molar-refractivity contribution in [2.45, 2.75) is 32.5 Å². The fourth-order valence-corrected chi connectivity index (χ4v) is 2.71. The van der Waals surface area contributed by atoms with Gasteiger partial charge in [0.05, 0.1) is 30.1 Å². The third kappa shape index (κ3) is 6.87. The van der Waals surface area contributed by atoms with Crippen molar-refractivity contribution < 1.29 is 37.4 Å². The van der Waals surface area contributed by atoms with Crippen LogP contribution >= 0.6 is 0 Å². The summed E-state index contributed by atoms with van der Waals surface area (Å²) in [6.07, 6.45) is -4.32. The predicted octanol–water partition coefficient (Wildman–Crippen LogP) is 2.30. The summed E-state index contributed by atoms with van der Waals surface area (Å²) in [4.78, 5) is 36.6. The number of hydrogen-bond donors (Lipinski definition) is 4. The Morgan fingerprint density at radius 3 is 2.41 bits per heavy atom. The van der Waals surface area contributed by atoms with Gasteiger partial charge in [-0.3, -0.25) is 14.5 Å². The van der Waals surface area contributed by atoms with Crippen molar-refractivity contribution in [2.24, 2.45) is 0 Å². The van der Waals surface area contributed by atoms with E-state index in [1.165, 1.54) is 6.07 Å². The van der Waals surface area contributed by atoms with Crippen LogP contribution in [0.5, 0.6) is 0 Å². The summed E-state index contributed by atoms with van der Waals surface area (Å²) in [5, 5.41) is 16.9. The second-order valence-electron chi connectivity index (χ2n) is 7.82. The summed E-state index contributed by atoms with van der Waals surface area (Å²) >= 11 is 0. The van der Waals surface area contributed by atoms with Crippen molar-refractivity contribution in [3.8, 4) is 0 Å².